The van der Waals surface area contributed by atoms with Gasteiger partial charge in [-0.1, -0.05) is 36.5 Å². The van der Waals surface area contributed by atoms with Crippen molar-refractivity contribution >= 4 is 12.2 Å². The third-order valence-electron chi connectivity index (χ3n) is 4.57. The molecule has 0 amide bonds. The van der Waals surface area contributed by atoms with Gasteiger partial charge in [0.15, 0.2) is 5.82 Å². The molecule has 0 spiro atoms. The molecule has 0 radical (unpaired) electrons. The van der Waals surface area contributed by atoms with Crippen molar-refractivity contribution in [2.75, 3.05) is 0 Å². The lowest BCUT2D eigenvalue weighted by atomic mass is 10.1. The molecule has 0 saturated carbocycles. The highest BCUT2D eigenvalue weighted by molar-refractivity contribution is 7.71. The SMILES string of the molecule is Cc1ccc(C)c(-n2[nH]cc(-c3nnnn3Cc3ccc(C#N)cc3)c2=S)c1. The average molecular weight is 387 g/mol. The van der Waals surface area contributed by atoms with Crippen LogP contribution in [0.15, 0.2) is 48.7 Å². The number of aryl methyl sites for hydroxylation is 2. The summed E-state index contributed by atoms with van der Waals surface area (Å²) in [5, 5.41) is 24.3. The van der Waals surface area contributed by atoms with Gasteiger partial charge in [-0.3, -0.25) is 5.10 Å². The number of tetrazole rings is 1. The average Bonchev–Trinajstić information content (AvgIpc) is 3.30. The van der Waals surface area contributed by atoms with Crippen molar-refractivity contribution in [3.8, 4) is 23.1 Å². The van der Waals surface area contributed by atoms with Crippen LogP contribution < -0.4 is 0 Å². The maximum atomic E-state index is 8.94. The Morgan fingerprint density at radius 3 is 2.68 bits per heavy atom. The van der Waals surface area contributed by atoms with Crippen LogP contribution in [0, 0.1) is 29.8 Å². The molecule has 2 heterocycles. The molecule has 0 saturated heterocycles. The van der Waals surface area contributed by atoms with Crippen molar-refractivity contribution < 1.29 is 0 Å². The zero-order valence-corrected chi connectivity index (χ0v) is 16.2. The molecule has 28 heavy (non-hydrogen) atoms. The van der Waals surface area contributed by atoms with Gasteiger partial charge < -0.3 is 0 Å². The normalized spacial score (nSPS) is 10.8. The first kappa shape index (κ1) is 17.8. The maximum Gasteiger partial charge on any atom is 0.186 e. The molecule has 0 aliphatic rings. The van der Waals surface area contributed by atoms with Crippen LogP contribution in [0.4, 0.5) is 0 Å². The summed E-state index contributed by atoms with van der Waals surface area (Å²) in [7, 11) is 0. The summed E-state index contributed by atoms with van der Waals surface area (Å²) in [6.45, 7) is 4.58. The third-order valence-corrected chi connectivity index (χ3v) is 4.97. The fourth-order valence-electron chi connectivity index (χ4n) is 3.03. The predicted octanol–water partition coefficient (Wildman–Crippen LogP) is 3.73. The van der Waals surface area contributed by atoms with E-state index in [4.69, 9.17) is 17.5 Å². The molecule has 8 heteroatoms. The first-order valence-electron chi connectivity index (χ1n) is 8.70. The van der Waals surface area contributed by atoms with Crippen LogP contribution in [-0.2, 0) is 6.54 Å². The summed E-state index contributed by atoms with van der Waals surface area (Å²) in [6, 6.07) is 15.7. The van der Waals surface area contributed by atoms with Crippen LogP contribution in [-0.4, -0.2) is 30.0 Å². The first-order valence-corrected chi connectivity index (χ1v) is 9.11. The predicted molar refractivity (Wildman–Crippen MR) is 107 cm³/mol. The van der Waals surface area contributed by atoms with Gasteiger partial charge in [0, 0.05) is 6.20 Å². The van der Waals surface area contributed by atoms with Gasteiger partial charge in [0.05, 0.1) is 29.4 Å². The van der Waals surface area contributed by atoms with E-state index >= 15 is 0 Å². The van der Waals surface area contributed by atoms with Gasteiger partial charge in [-0.05, 0) is 59.2 Å². The Hall–Kier alpha value is -3.57. The van der Waals surface area contributed by atoms with Crippen LogP contribution in [0.1, 0.15) is 22.3 Å². The fourth-order valence-corrected chi connectivity index (χ4v) is 3.33. The van der Waals surface area contributed by atoms with E-state index in [1.165, 1.54) is 0 Å². The molecule has 4 rings (SSSR count). The number of nitriles is 1. The van der Waals surface area contributed by atoms with E-state index in [1.807, 2.05) is 29.9 Å². The summed E-state index contributed by atoms with van der Waals surface area (Å²) < 4.78 is 4.19. The van der Waals surface area contributed by atoms with E-state index in [2.05, 4.69) is 51.8 Å². The Morgan fingerprint density at radius 1 is 1.14 bits per heavy atom. The van der Waals surface area contributed by atoms with E-state index < -0.39 is 0 Å². The summed E-state index contributed by atoms with van der Waals surface area (Å²) >= 11 is 5.70. The van der Waals surface area contributed by atoms with E-state index in [0.717, 1.165) is 27.9 Å². The van der Waals surface area contributed by atoms with Crippen molar-refractivity contribution in [2.24, 2.45) is 0 Å². The Kier molecular flexibility index (Phi) is 4.59. The van der Waals surface area contributed by atoms with Gasteiger partial charge in [-0.15, -0.1) is 5.10 Å². The number of benzene rings is 2. The van der Waals surface area contributed by atoms with Gasteiger partial charge >= 0.3 is 0 Å². The van der Waals surface area contributed by atoms with Gasteiger partial charge in [0.1, 0.15) is 4.64 Å². The highest BCUT2D eigenvalue weighted by Gasteiger charge is 2.15. The van der Waals surface area contributed by atoms with Crippen molar-refractivity contribution in [2.45, 2.75) is 20.4 Å². The zero-order valence-electron chi connectivity index (χ0n) is 15.4. The second kappa shape index (κ2) is 7.21. The van der Waals surface area contributed by atoms with E-state index in [0.29, 0.717) is 22.6 Å². The largest absolute Gasteiger partial charge is 0.299 e. The second-order valence-corrected chi connectivity index (χ2v) is 6.97. The molecule has 4 aromatic rings. The first-order chi connectivity index (χ1) is 13.6. The van der Waals surface area contributed by atoms with Crippen LogP contribution in [0.2, 0.25) is 0 Å². The number of rotatable bonds is 4. The minimum absolute atomic E-state index is 0.484. The second-order valence-electron chi connectivity index (χ2n) is 6.59. The summed E-state index contributed by atoms with van der Waals surface area (Å²) in [5.74, 6) is 0.592. The number of aromatic amines is 1. The minimum atomic E-state index is 0.484. The monoisotopic (exact) mass is 387 g/mol. The van der Waals surface area contributed by atoms with Crippen molar-refractivity contribution in [1.82, 2.24) is 30.0 Å². The molecule has 0 atom stereocenters. The number of hydrogen-bond acceptors (Lipinski definition) is 5. The summed E-state index contributed by atoms with van der Waals surface area (Å²) in [5.41, 5.74) is 5.65. The van der Waals surface area contributed by atoms with E-state index in [1.54, 1.807) is 16.8 Å². The molecule has 7 nitrogen and oxygen atoms in total. The van der Waals surface area contributed by atoms with Crippen LogP contribution in [0.5, 0.6) is 0 Å². The quantitative estimate of drug-likeness (QED) is 0.539. The van der Waals surface area contributed by atoms with E-state index in [9.17, 15) is 0 Å². The Labute approximate surface area is 166 Å². The van der Waals surface area contributed by atoms with Crippen molar-refractivity contribution in [1.29, 1.82) is 5.26 Å². The number of hydrogen-bond donors (Lipinski definition) is 1. The van der Waals surface area contributed by atoms with Gasteiger partial charge in [-0.2, -0.15) is 5.26 Å². The van der Waals surface area contributed by atoms with Gasteiger partial charge in [-0.25, -0.2) is 9.36 Å². The number of nitrogens with one attached hydrogen (secondary N) is 1. The molecule has 1 N–H and O–H groups in total. The van der Waals surface area contributed by atoms with Crippen LogP contribution in [0.25, 0.3) is 17.1 Å². The van der Waals surface area contributed by atoms with Crippen LogP contribution >= 0.6 is 12.2 Å². The molecular weight excluding hydrogens is 370 g/mol. The standard InChI is InChI=1S/C20H17N7S/c1-13-3-4-14(2)18(9-13)27-20(28)17(11-22-27)19-23-24-25-26(19)12-16-7-5-15(10-21)6-8-16/h3-9,11,22H,12H2,1-2H3. The summed E-state index contributed by atoms with van der Waals surface area (Å²) in [4.78, 5) is 0. The molecule has 0 bridgehead atoms. The molecule has 138 valence electrons. The topological polar surface area (TPSA) is 88.1 Å². The lowest BCUT2D eigenvalue weighted by Crippen LogP contribution is -2.05. The number of H-pyrrole nitrogens is 1. The molecule has 2 aromatic carbocycles. The molecule has 0 fully saturated rings. The third kappa shape index (κ3) is 3.23. The minimum Gasteiger partial charge on any atom is -0.299 e. The number of aromatic nitrogens is 6. The van der Waals surface area contributed by atoms with Gasteiger partial charge in [0.25, 0.3) is 0 Å². The highest BCUT2D eigenvalue weighted by atomic mass is 32.1. The molecule has 2 aromatic heterocycles. The zero-order chi connectivity index (χ0) is 19.7. The number of nitrogens with zero attached hydrogens (tertiary/aromatic N) is 6. The molecule has 0 aliphatic heterocycles. The Morgan fingerprint density at radius 2 is 1.93 bits per heavy atom. The van der Waals surface area contributed by atoms with Crippen molar-refractivity contribution in [3.05, 3.63) is 75.6 Å². The molecule has 0 unspecified atom stereocenters. The summed E-state index contributed by atoms with van der Waals surface area (Å²) in [6.07, 6.45) is 1.82. The highest BCUT2D eigenvalue weighted by Crippen LogP contribution is 2.23. The molecular formula is C20H17N7S. The lowest BCUT2D eigenvalue weighted by molar-refractivity contribution is 0.653. The van der Waals surface area contributed by atoms with Crippen LogP contribution in [0.3, 0.4) is 0 Å². The fraction of sp³-hybridized carbons (Fsp3) is 0.150. The lowest BCUT2D eigenvalue weighted by Gasteiger charge is -2.08. The maximum absolute atomic E-state index is 8.94. The smallest absolute Gasteiger partial charge is 0.186 e. The Bertz CT molecular complexity index is 1240. The molecule has 0 aliphatic carbocycles. The van der Waals surface area contributed by atoms with E-state index in [-0.39, 0.29) is 0 Å². The Balaban J connectivity index is 1.71. The van der Waals surface area contributed by atoms with Crippen molar-refractivity contribution in [3.63, 3.8) is 0 Å². The van der Waals surface area contributed by atoms with Gasteiger partial charge in [0.2, 0.25) is 0 Å².